The standard InChI is InChI=1S/C36H40FN3O4.C4H10O/c1-6-8-19-43-33-13-12-28(37)21-30(33)26-10-9-11-27(20-26)31-23-32-35(39-16-14-36(4,15-17-39)44-18-7-2)29(22-34(41)42-5)25(3)24-40(32)38-31;1-4(2,3)5/h6-7,9-13,20-21,23-24H,1-2,8,14-19,22H2,3-5H3;5H,1-3H3. The third kappa shape index (κ3) is 10.0. The molecule has 2 aromatic carbocycles. The van der Waals surface area contributed by atoms with Crippen molar-refractivity contribution < 1.29 is 28.5 Å². The topological polar surface area (TPSA) is 85.5 Å². The molecule has 0 saturated carbocycles. The van der Waals surface area contributed by atoms with Crippen LogP contribution in [0.1, 0.15) is 58.1 Å². The van der Waals surface area contributed by atoms with Gasteiger partial charge in [-0.3, -0.25) is 4.79 Å². The van der Waals surface area contributed by atoms with Crippen molar-refractivity contribution >= 4 is 17.2 Å². The number of anilines is 1. The summed E-state index contributed by atoms with van der Waals surface area (Å²) in [5.74, 6) is -0.0107. The zero-order valence-corrected chi connectivity index (χ0v) is 29.7. The van der Waals surface area contributed by atoms with Gasteiger partial charge >= 0.3 is 5.97 Å². The molecule has 0 radical (unpaired) electrons. The summed E-state index contributed by atoms with van der Waals surface area (Å²) in [6.07, 6.45) is 8.07. The van der Waals surface area contributed by atoms with E-state index in [0.29, 0.717) is 30.9 Å². The number of carbonyl (C=O) groups is 1. The van der Waals surface area contributed by atoms with Gasteiger partial charge < -0.3 is 24.2 Å². The number of pyridine rings is 1. The van der Waals surface area contributed by atoms with Gasteiger partial charge in [0.05, 0.1) is 54.8 Å². The third-order valence-electron chi connectivity index (χ3n) is 8.28. The molecule has 0 amide bonds. The smallest absolute Gasteiger partial charge is 0.310 e. The van der Waals surface area contributed by atoms with Gasteiger partial charge in [0.25, 0.3) is 0 Å². The first-order valence-electron chi connectivity index (χ1n) is 16.7. The number of methoxy groups -OCH3 is 1. The number of hydrogen-bond donors (Lipinski definition) is 1. The molecule has 1 aliphatic heterocycles. The van der Waals surface area contributed by atoms with Gasteiger partial charge in [-0.25, -0.2) is 8.91 Å². The number of piperidine rings is 1. The first kappa shape index (κ1) is 37.4. The molecular weight excluding hydrogens is 621 g/mol. The molecule has 0 bridgehead atoms. The fourth-order valence-electron chi connectivity index (χ4n) is 5.77. The molecule has 8 nitrogen and oxygen atoms in total. The van der Waals surface area contributed by atoms with Gasteiger partial charge in [-0.2, -0.15) is 5.10 Å². The molecule has 0 aliphatic carbocycles. The third-order valence-corrected chi connectivity index (χ3v) is 8.28. The summed E-state index contributed by atoms with van der Waals surface area (Å²) in [5.41, 5.74) is 6.20. The Morgan fingerprint density at radius 2 is 1.78 bits per heavy atom. The van der Waals surface area contributed by atoms with E-state index in [9.17, 15) is 9.18 Å². The molecule has 49 heavy (non-hydrogen) atoms. The quantitative estimate of drug-likeness (QED) is 0.0925. The molecule has 3 heterocycles. The molecule has 1 fully saturated rings. The van der Waals surface area contributed by atoms with Crippen molar-refractivity contribution in [2.24, 2.45) is 0 Å². The SMILES string of the molecule is C=CCCOc1ccc(F)cc1-c1cccc(-c2cc3c(N4CCC(C)(OCC=C)CC4)c(CC(=O)OC)c(C)cn3n2)c1.CC(C)(C)O. The minimum Gasteiger partial charge on any atom is -0.493 e. The number of rotatable bonds is 12. The molecule has 262 valence electrons. The number of nitrogens with zero attached hydrogens (tertiary/aromatic N) is 3. The highest BCUT2D eigenvalue weighted by molar-refractivity contribution is 5.86. The highest BCUT2D eigenvalue weighted by Crippen LogP contribution is 2.38. The molecule has 9 heteroatoms. The molecular formula is C40H50FN3O5. The molecule has 1 aliphatic rings. The van der Waals surface area contributed by atoms with Crippen LogP contribution in [0.4, 0.5) is 10.1 Å². The van der Waals surface area contributed by atoms with Gasteiger partial charge in [-0.05, 0) is 101 Å². The van der Waals surface area contributed by atoms with Crippen molar-refractivity contribution in [3.05, 3.63) is 97.0 Å². The van der Waals surface area contributed by atoms with E-state index in [1.54, 1.807) is 39.0 Å². The van der Waals surface area contributed by atoms with Crippen molar-refractivity contribution in [1.82, 2.24) is 9.61 Å². The number of halogens is 1. The lowest BCUT2D eigenvalue weighted by Gasteiger charge is -2.41. The van der Waals surface area contributed by atoms with E-state index in [1.165, 1.54) is 19.2 Å². The Balaban J connectivity index is 0.00000101. The maximum atomic E-state index is 14.4. The number of aromatic nitrogens is 2. The van der Waals surface area contributed by atoms with Crippen LogP contribution in [0.25, 0.3) is 27.9 Å². The minimum atomic E-state index is -0.500. The van der Waals surface area contributed by atoms with Gasteiger partial charge in [0.1, 0.15) is 11.6 Å². The average molecular weight is 672 g/mol. The highest BCUT2D eigenvalue weighted by Gasteiger charge is 2.33. The van der Waals surface area contributed by atoms with Crippen LogP contribution in [0.5, 0.6) is 5.75 Å². The van der Waals surface area contributed by atoms with E-state index >= 15 is 0 Å². The van der Waals surface area contributed by atoms with Crippen LogP contribution < -0.4 is 9.64 Å². The Morgan fingerprint density at radius 3 is 2.43 bits per heavy atom. The van der Waals surface area contributed by atoms with Gasteiger partial charge in [-0.1, -0.05) is 30.4 Å². The lowest BCUT2D eigenvalue weighted by molar-refractivity contribution is -0.139. The second-order valence-electron chi connectivity index (χ2n) is 13.6. The van der Waals surface area contributed by atoms with Crippen molar-refractivity contribution in [2.45, 2.75) is 71.5 Å². The molecule has 5 rings (SSSR count). The summed E-state index contributed by atoms with van der Waals surface area (Å²) in [6.45, 7) is 19.4. The maximum Gasteiger partial charge on any atom is 0.310 e. The zero-order valence-electron chi connectivity index (χ0n) is 29.7. The summed E-state index contributed by atoms with van der Waals surface area (Å²) >= 11 is 0. The normalized spacial score (nSPS) is 14.2. The Labute approximate surface area is 289 Å². The van der Waals surface area contributed by atoms with E-state index in [1.807, 2.05) is 41.9 Å². The van der Waals surface area contributed by atoms with E-state index in [2.05, 4.69) is 31.0 Å². The lowest BCUT2D eigenvalue weighted by atomic mass is 9.92. The van der Waals surface area contributed by atoms with Crippen LogP contribution in [0.2, 0.25) is 0 Å². The number of esters is 1. The molecule has 0 spiro atoms. The average Bonchev–Trinajstić information content (AvgIpc) is 3.48. The summed E-state index contributed by atoms with van der Waals surface area (Å²) in [4.78, 5) is 14.9. The first-order valence-corrected chi connectivity index (χ1v) is 16.7. The van der Waals surface area contributed by atoms with E-state index < -0.39 is 5.60 Å². The number of benzene rings is 2. The molecule has 4 aromatic rings. The van der Waals surface area contributed by atoms with Crippen LogP contribution in [0.15, 0.2) is 80.0 Å². The maximum absolute atomic E-state index is 14.4. The Morgan fingerprint density at radius 1 is 1.08 bits per heavy atom. The number of hydrogen-bond acceptors (Lipinski definition) is 7. The highest BCUT2D eigenvalue weighted by atomic mass is 19.1. The molecule has 2 aromatic heterocycles. The minimum absolute atomic E-state index is 0.166. The summed E-state index contributed by atoms with van der Waals surface area (Å²) in [7, 11) is 1.41. The largest absolute Gasteiger partial charge is 0.493 e. The Kier molecular flexibility index (Phi) is 12.4. The first-order chi connectivity index (χ1) is 23.2. The molecule has 1 N–H and O–H groups in total. The fraction of sp³-hybridized carbons (Fsp3) is 0.400. The van der Waals surface area contributed by atoms with Crippen LogP contribution in [0.3, 0.4) is 0 Å². The number of aliphatic hydroxyl groups is 1. The van der Waals surface area contributed by atoms with Crippen molar-refractivity contribution in [3.8, 4) is 28.1 Å². The molecule has 0 unspecified atom stereocenters. The van der Waals surface area contributed by atoms with Crippen LogP contribution in [-0.4, -0.2) is 65.3 Å². The van der Waals surface area contributed by atoms with E-state index in [-0.39, 0.29) is 23.8 Å². The lowest BCUT2D eigenvalue weighted by Crippen LogP contribution is -2.45. The predicted molar refractivity (Wildman–Crippen MR) is 195 cm³/mol. The van der Waals surface area contributed by atoms with Gasteiger partial charge in [0.2, 0.25) is 0 Å². The van der Waals surface area contributed by atoms with Gasteiger partial charge in [0.15, 0.2) is 0 Å². The van der Waals surface area contributed by atoms with E-state index in [0.717, 1.165) is 65.1 Å². The number of aryl methyl sites for hydroxylation is 1. The van der Waals surface area contributed by atoms with Crippen LogP contribution in [0, 0.1) is 12.7 Å². The van der Waals surface area contributed by atoms with Crippen molar-refractivity contribution in [2.75, 3.05) is 38.3 Å². The second-order valence-corrected chi connectivity index (χ2v) is 13.6. The van der Waals surface area contributed by atoms with Crippen LogP contribution in [-0.2, 0) is 20.7 Å². The van der Waals surface area contributed by atoms with Gasteiger partial charge in [-0.15, -0.1) is 13.2 Å². The summed E-state index contributed by atoms with van der Waals surface area (Å²) in [6, 6.07) is 14.5. The molecule has 1 saturated heterocycles. The monoisotopic (exact) mass is 671 g/mol. The predicted octanol–water partition coefficient (Wildman–Crippen LogP) is 8.12. The second kappa shape index (κ2) is 16.3. The molecule has 0 atom stereocenters. The summed E-state index contributed by atoms with van der Waals surface area (Å²) < 4.78 is 33.4. The number of ether oxygens (including phenoxy) is 3. The van der Waals surface area contributed by atoms with Gasteiger partial charge in [0, 0.05) is 30.4 Å². The fourth-order valence-corrected chi connectivity index (χ4v) is 5.77. The zero-order chi connectivity index (χ0) is 35.8. The van der Waals surface area contributed by atoms with Crippen molar-refractivity contribution in [1.29, 1.82) is 0 Å². The number of fused-ring (bicyclic) bond motifs is 1. The summed E-state index contributed by atoms with van der Waals surface area (Å²) in [5, 5.41) is 13.5. The number of carbonyl (C=O) groups excluding carboxylic acids is 1. The Hall–Kier alpha value is -4.47. The van der Waals surface area contributed by atoms with E-state index in [4.69, 9.17) is 24.4 Å². The van der Waals surface area contributed by atoms with Crippen LogP contribution >= 0.6 is 0 Å². The van der Waals surface area contributed by atoms with Crippen molar-refractivity contribution in [3.63, 3.8) is 0 Å². The Bertz CT molecular complexity index is 1760.